The number of benzene rings is 2. The standard InChI is InChI=1S/C12H9BO4/c14-13(15)8-5-6-11-12(7-8)17-10-4-2-1-3-9(10)16-11/h1-7,14-15H. The van der Waals surface area contributed by atoms with E-state index in [-0.39, 0.29) is 0 Å². The van der Waals surface area contributed by atoms with Crippen molar-refractivity contribution in [2.75, 3.05) is 0 Å². The lowest BCUT2D eigenvalue weighted by Crippen LogP contribution is -2.29. The predicted octanol–water partition coefficient (Wildman–Crippen LogP) is 1.26. The van der Waals surface area contributed by atoms with E-state index in [0.717, 1.165) is 0 Å². The molecule has 0 unspecified atom stereocenters. The van der Waals surface area contributed by atoms with Crippen molar-refractivity contribution < 1.29 is 19.5 Å². The summed E-state index contributed by atoms with van der Waals surface area (Å²) in [6.07, 6.45) is 0. The van der Waals surface area contributed by atoms with Gasteiger partial charge in [-0.25, -0.2) is 0 Å². The van der Waals surface area contributed by atoms with Crippen molar-refractivity contribution in [2.24, 2.45) is 0 Å². The molecule has 0 saturated carbocycles. The Balaban J connectivity index is 2.03. The Hall–Kier alpha value is -1.98. The number of hydrogen-bond donors (Lipinski definition) is 2. The smallest absolute Gasteiger partial charge is 0.450 e. The van der Waals surface area contributed by atoms with Gasteiger partial charge < -0.3 is 19.5 Å². The zero-order valence-electron chi connectivity index (χ0n) is 8.83. The van der Waals surface area contributed by atoms with Crippen LogP contribution < -0.4 is 14.9 Å². The van der Waals surface area contributed by atoms with Crippen LogP contribution in [0.1, 0.15) is 0 Å². The third-order valence-electron chi connectivity index (χ3n) is 2.55. The Morgan fingerprint density at radius 2 is 1.35 bits per heavy atom. The van der Waals surface area contributed by atoms with Crippen molar-refractivity contribution in [1.82, 2.24) is 0 Å². The van der Waals surface area contributed by atoms with E-state index in [2.05, 4.69) is 0 Å². The Morgan fingerprint density at radius 1 is 0.765 bits per heavy atom. The van der Waals surface area contributed by atoms with E-state index in [1.165, 1.54) is 0 Å². The van der Waals surface area contributed by atoms with Gasteiger partial charge in [-0.05, 0) is 29.7 Å². The highest BCUT2D eigenvalue weighted by Crippen LogP contribution is 2.44. The van der Waals surface area contributed by atoms with Crippen LogP contribution >= 0.6 is 0 Å². The van der Waals surface area contributed by atoms with Crippen molar-refractivity contribution in [2.45, 2.75) is 0 Å². The summed E-state index contributed by atoms with van der Waals surface area (Å²) in [6.45, 7) is 0. The third-order valence-corrected chi connectivity index (χ3v) is 2.55. The summed E-state index contributed by atoms with van der Waals surface area (Å²) in [5.74, 6) is 2.31. The minimum Gasteiger partial charge on any atom is -0.450 e. The first-order valence-corrected chi connectivity index (χ1v) is 5.19. The highest BCUT2D eigenvalue weighted by Gasteiger charge is 2.20. The average Bonchev–Trinajstić information content (AvgIpc) is 2.35. The summed E-state index contributed by atoms with van der Waals surface area (Å²) in [4.78, 5) is 0. The van der Waals surface area contributed by atoms with Crippen LogP contribution in [-0.4, -0.2) is 17.2 Å². The lowest BCUT2D eigenvalue weighted by Gasteiger charge is -2.20. The van der Waals surface area contributed by atoms with E-state index in [1.807, 2.05) is 18.2 Å². The molecule has 0 aromatic heterocycles. The largest absolute Gasteiger partial charge is 0.488 e. The predicted molar refractivity (Wildman–Crippen MR) is 62.9 cm³/mol. The van der Waals surface area contributed by atoms with Crippen LogP contribution in [-0.2, 0) is 0 Å². The van der Waals surface area contributed by atoms with Crippen LogP contribution in [0.2, 0.25) is 0 Å². The molecule has 3 rings (SSSR count). The number of ether oxygens (including phenoxy) is 2. The molecule has 2 aromatic rings. The normalized spacial score (nSPS) is 11.9. The zero-order chi connectivity index (χ0) is 11.8. The first kappa shape index (κ1) is 10.2. The first-order chi connectivity index (χ1) is 8.24. The van der Waals surface area contributed by atoms with Crippen molar-refractivity contribution >= 4 is 12.6 Å². The van der Waals surface area contributed by atoms with Crippen LogP contribution in [0.5, 0.6) is 23.0 Å². The summed E-state index contributed by atoms with van der Waals surface area (Å²) in [5.41, 5.74) is 0.367. The van der Waals surface area contributed by atoms with Crippen LogP contribution in [0.15, 0.2) is 42.5 Å². The second-order valence-corrected chi connectivity index (χ2v) is 3.73. The summed E-state index contributed by atoms with van der Waals surface area (Å²) in [6, 6.07) is 12.1. The summed E-state index contributed by atoms with van der Waals surface area (Å²) in [5, 5.41) is 18.2. The van der Waals surface area contributed by atoms with Crippen LogP contribution in [0.25, 0.3) is 0 Å². The van der Waals surface area contributed by atoms with E-state index < -0.39 is 7.12 Å². The van der Waals surface area contributed by atoms with E-state index in [0.29, 0.717) is 28.5 Å². The lowest BCUT2D eigenvalue weighted by molar-refractivity contribution is 0.359. The number of fused-ring (bicyclic) bond motifs is 2. The van der Waals surface area contributed by atoms with Gasteiger partial charge in [-0.3, -0.25) is 0 Å². The molecule has 2 N–H and O–H groups in total. The van der Waals surface area contributed by atoms with E-state index in [4.69, 9.17) is 19.5 Å². The van der Waals surface area contributed by atoms with E-state index in [9.17, 15) is 0 Å². The van der Waals surface area contributed by atoms with Gasteiger partial charge in [0.15, 0.2) is 23.0 Å². The van der Waals surface area contributed by atoms with E-state index >= 15 is 0 Å². The third kappa shape index (κ3) is 1.75. The van der Waals surface area contributed by atoms with Gasteiger partial charge in [0.2, 0.25) is 0 Å². The Kier molecular flexibility index (Phi) is 2.28. The second kappa shape index (κ2) is 3.80. The lowest BCUT2D eigenvalue weighted by atomic mass is 9.80. The topological polar surface area (TPSA) is 58.9 Å². The molecule has 84 valence electrons. The Bertz CT molecular complexity index is 568. The maximum Gasteiger partial charge on any atom is 0.488 e. The van der Waals surface area contributed by atoms with Crippen molar-refractivity contribution in [3.63, 3.8) is 0 Å². The van der Waals surface area contributed by atoms with Gasteiger partial charge in [0.1, 0.15) is 0 Å². The molecular formula is C12H9BO4. The molecule has 4 nitrogen and oxygen atoms in total. The maximum absolute atomic E-state index is 9.08. The first-order valence-electron chi connectivity index (χ1n) is 5.19. The molecule has 0 saturated heterocycles. The molecule has 0 fully saturated rings. The van der Waals surface area contributed by atoms with Crippen molar-refractivity contribution in [3.05, 3.63) is 42.5 Å². The molecule has 0 atom stereocenters. The van der Waals surface area contributed by atoms with Gasteiger partial charge >= 0.3 is 7.12 Å². The zero-order valence-corrected chi connectivity index (χ0v) is 8.83. The van der Waals surface area contributed by atoms with Crippen LogP contribution in [0, 0.1) is 0 Å². The minimum absolute atomic E-state index is 0.367. The molecular weight excluding hydrogens is 219 g/mol. The molecule has 1 aliphatic heterocycles. The Labute approximate surface area is 98.2 Å². The maximum atomic E-state index is 9.08. The van der Waals surface area contributed by atoms with Gasteiger partial charge in [0.25, 0.3) is 0 Å². The van der Waals surface area contributed by atoms with Gasteiger partial charge in [-0.1, -0.05) is 18.2 Å². The second-order valence-electron chi connectivity index (χ2n) is 3.73. The fraction of sp³-hybridized carbons (Fsp3) is 0. The fourth-order valence-corrected chi connectivity index (χ4v) is 1.71. The van der Waals surface area contributed by atoms with Crippen LogP contribution in [0.3, 0.4) is 0 Å². The molecule has 0 radical (unpaired) electrons. The monoisotopic (exact) mass is 228 g/mol. The number of hydrogen-bond acceptors (Lipinski definition) is 4. The average molecular weight is 228 g/mol. The highest BCUT2D eigenvalue weighted by atomic mass is 16.6. The fourth-order valence-electron chi connectivity index (χ4n) is 1.71. The molecule has 0 amide bonds. The van der Waals surface area contributed by atoms with E-state index in [1.54, 1.807) is 24.3 Å². The highest BCUT2D eigenvalue weighted by molar-refractivity contribution is 6.58. The van der Waals surface area contributed by atoms with Crippen molar-refractivity contribution in [1.29, 1.82) is 0 Å². The molecule has 1 heterocycles. The van der Waals surface area contributed by atoms with Gasteiger partial charge in [-0.2, -0.15) is 0 Å². The SMILES string of the molecule is OB(O)c1ccc2c(c1)Oc1ccccc1O2. The quantitative estimate of drug-likeness (QED) is 0.615. The summed E-state index contributed by atoms with van der Waals surface area (Å²) >= 11 is 0. The number of para-hydroxylation sites is 2. The molecule has 0 bridgehead atoms. The van der Waals surface area contributed by atoms with Crippen LogP contribution in [0.4, 0.5) is 0 Å². The van der Waals surface area contributed by atoms with Gasteiger partial charge in [0, 0.05) is 0 Å². The molecule has 17 heavy (non-hydrogen) atoms. The molecule has 0 aliphatic carbocycles. The summed E-state index contributed by atoms with van der Waals surface area (Å²) < 4.78 is 11.2. The number of rotatable bonds is 1. The molecule has 1 aliphatic rings. The minimum atomic E-state index is -1.51. The summed E-state index contributed by atoms with van der Waals surface area (Å²) in [7, 11) is -1.51. The molecule has 5 heteroatoms. The molecule has 2 aromatic carbocycles. The van der Waals surface area contributed by atoms with Crippen molar-refractivity contribution in [3.8, 4) is 23.0 Å². The molecule has 0 spiro atoms. The Morgan fingerprint density at radius 3 is 2.00 bits per heavy atom. The van der Waals surface area contributed by atoms with Gasteiger partial charge in [0.05, 0.1) is 0 Å². The van der Waals surface area contributed by atoms with Gasteiger partial charge in [-0.15, -0.1) is 0 Å².